The minimum atomic E-state index is -0.570. The molecule has 1 unspecified atom stereocenters. The maximum absolute atomic E-state index is 11.9. The largest absolute Gasteiger partial charge is 0.452 e. The van der Waals surface area contributed by atoms with Gasteiger partial charge in [0.25, 0.3) is 0 Å². The van der Waals surface area contributed by atoms with E-state index in [-0.39, 0.29) is 41.9 Å². The van der Waals surface area contributed by atoms with E-state index in [9.17, 15) is 19.2 Å². The maximum atomic E-state index is 11.9. The molecule has 0 saturated carbocycles. The molecule has 0 aromatic heterocycles. The Bertz CT molecular complexity index is 1330. The van der Waals surface area contributed by atoms with Gasteiger partial charge in [-0.25, -0.2) is 9.59 Å². The first-order chi connectivity index (χ1) is 29.0. The van der Waals surface area contributed by atoms with E-state index >= 15 is 0 Å². The van der Waals surface area contributed by atoms with E-state index in [0.717, 1.165) is 37.7 Å². The number of unbranched alkanes of at least 4 members (excludes halogenated alkanes) is 24. The summed E-state index contributed by atoms with van der Waals surface area (Å²) in [6.45, 7) is 11.8. The van der Waals surface area contributed by atoms with E-state index in [0.29, 0.717) is 30.6 Å². The highest BCUT2D eigenvalue weighted by Crippen LogP contribution is 2.27. The molecule has 0 fully saturated rings. The minimum Gasteiger partial charge on any atom is -0.452 e. The van der Waals surface area contributed by atoms with Gasteiger partial charge in [-0.2, -0.15) is 19.2 Å². The Labute approximate surface area is 361 Å². The number of ether oxygens (including phenoxy) is 4. The summed E-state index contributed by atoms with van der Waals surface area (Å²) in [6, 6.07) is 0. The van der Waals surface area contributed by atoms with Gasteiger partial charge < -0.3 is 18.9 Å². The third-order valence-corrected chi connectivity index (χ3v) is 10.4. The van der Waals surface area contributed by atoms with Crippen LogP contribution < -0.4 is 0 Å². The quantitative estimate of drug-likeness (QED) is 0.0367. The van der Waals surface area contributed by atoms with Crippen LogP contribution in [-0.4, -0.2) is 42.3 Å². The Kier molecular flexibility index (Phi) is 40.2. The van der Waals surface area contributed by atoms with E-state index in [1.54, 1.807) is 26.8 Å². The molecule has 2 heterocycles. The lowest BCUT2D eigenvalue weighted by Gasteiger charge is -2.05. The second-order valence-corrected chi connectivity index (χ2v) is 15.4. The number of carbonyl (C=O) groups is 4. The molecule has 0 amide bonds. The molecule has 0 aliphatic carbocycles. The lowest BCUT2D eigenvalue weighted by atomic mass is 10.0. The molecule has 0 aromatic carbocycles. The van der Waals surface area contributed by atoms with Crippen molar-refractivity contribution in [2.45, 2.75) is 234 Å². The van der Waals surface area contributed by atoms with Gasteiger partial charge in [0.1, 0.15) is 11.9 Å². The first kappa shape index (κ1) is 58.0. The molecular formula is C48H78O12. The van der Waals surface area contributed by atoms with E-state index in [1.807, 2.05) is 6.92 Å². The van der Waals surface area contributed by atoms with Gasteiger partial charge in [0.15, 0.2) is 0 Å². The Morgan fingerprint density at radius 2 is 0.850 bits per heavy atom. The monoisotopic (exact) mass is 847 g/mol. The Morgan fingerprint density at radius 3 is 1.13 bits per heavy atom. The number of cyclic esters (lactones) is 2. The molecule has 0 radical (unpaired) electrons. The number of carbonyl (C=O) groups excluding carboxylic acids is 8. The minimum absolute atomic E-state index is 0.0443. The number of hydrogen-bond donors (Lipinski definition) is 0. The normalized spacial score (nSPS) is 14.8. The highest BCUT2D eigenvalue weighted by atomic mass is 16.6. The Morgan fingerprint density at radius 1 is 0.533 bits per heavy atom. The molecule has 2 aliphatic heterocycles. The van der Waals surface area contributed by atoms with Crippen molar-refractivity contribution in [2.24, 2.45) is 0 Å². The van der Waals surface area contributed by atoms with Crippen molar-refractivity contribution < 1.29 is 57.3 Å². The van der Waals surface area contributed by atoms with Crippen molar-refractivity contribution >= 4 is 36.2 Å². The predicted octanol–water partition coefficient (Wildman–Crippen LogP) is 12.2. The van der Waals surface area contributed by atoms with Gasteiger partial charge in [-0.05, 0) is 46.1 Å². The van der Waals surface area contributed by atoms with Crippen molar-refractivity contribution in [3.63, 3.8) is 0 Å². The second-order valence-electron chi connectivity index (χ2n) is 15.4. The third-order valence-electron chi connectivity index (χ3n) is 10.4. The van der Waals surface area contributed by atoms with E-state index in [4.69, 9.17) is 38.1 Å². The Balaban J connectivity index is 0. The van der Waals surface area contributed by atoms with Crippen LogP contribution in [0.2, 0.25) is 0 Å². The molecule has 12 nitrogen and oxygen atoms in total. The predicted molar refractivity (Wildman–Crippen MR) is 228 cm³/mol. The zero-order valence-electron chi connectivity index (χ0n) is 38.1. The third kappa shape index (κ3) is 30.8. The van der Waals surface area contributed by atoms with Crippen LogP contribution in [0, 0.1) is 0 Å². The Hall–Kier alpha value is -4.14. The molecule has 12 heteroatoms. The van der Waals surface area contributed by atoms with Gasteiger partial charge in [-0.1, -0.05) is 175 Å². The van der Waals surface area contributed by atoms with Crippen LogP contribution >= 0.6 is 0 Å². The highest BCUT2D eigenvalue weighted by Gasteiger charge is 2.33. The summed E-state index contributed by atoms with van der Waals surface area (Å²) in [5.41, 5.74) is 1.34. The first-order valence-electron chi connectivity index (χ1n) is 22.9. The van der Waals surface area contributed by atoms with Crippen molar-refractivity contribution in [3.8, 4) is 0 Å². The molecular weight excluding hydrogens is 769 g/mol. The van der Waals surface area contributed by atoms with Crippen LogP contribution in [0.3, 0.4) is 0 Å². The van der Waals surface area contributed by atoms with Crippen LogP contribution in [0.15, 0.2) is 34.5 Å². The molecule has 60 heavy (non-hydrogen) atoms. The van der Waals surface area contributed by atoms with Crippen molar-refractivity contribution in [3.05, 3.63) is 34.5 Å². The number of rotatable bonds is 31. The molecule has 0 aromatic rings. The van der Waals surface area contributed by atoms with Crippen molar-refractivity contribution in [1.82, 2.24) is 0 Å². The van der Waals surface area contributed by atoms with Gasteiger partial charge in [-0.3, -0.25) is 9.59 Å². The molecule has 2 aliphatic rings. The van der Waals surface area contributed by atoms with Crippen LogP contribution in [0.5, 0.6) is 0 Å². The molecule has 2 rings (SSSR count). The fourth-order valence-corrected chi connectivity index (χ4v) is 6.88. The lowest BCUT2D eigenvalue weighted by molar-refractivity contribution is -0.193. The molecule has 0 bridgehead atoms. The van der Waals surface area contributed by atoms with Gasteiger partial charge in [-0.15, -0.1) is 0 Å². The zero-order chi connectivity index (χ0) is 45.2. The lowest BCUT2D eigenvalue weighted by Crippen LogP contribution is -2.10. The fourth-order valence-electron chi connectivity index (χ4n) is 6.88. The summed E-state index contributed by atoms with van der Waals surface area (Å²) in [5.74, 6) is -1.10. The highest BCUT2D eigenvalue weighted by molar-refractivity contribution is 5.95. The average molecular weight is 847 g/mol. The standard InChI is InChI=1S/C23H40O4.C23H38O4.2CO2/c2*1-4-6-7-8-9-10-11-12-13-14-15-16-17-18-21(24)27-22-19(3)20(5-2)26-23(22)25;2*2-1-3/h20H,4-18H2,1-3H3;5H,4,6-18H2,1-3H3;;/b;20-5-;;. The molecule has 1 atom stereocenters. The molecule has 0 spiro atoms. The smallest absolute Gasteiger partial charge is 0.380 e. The zero-order valence-corrected chi connectivity index (χ0v) is 38.1. The van der Waals surface area contributed by atoms with Crippen molar-refractivity contribution in [1.29, 1.82) is 0 Å². The van der Waals surface area contributed by atoms with Crippen LogP contribution in [0.4, 0.5) is 0 Å². The topological polar surface area (TPSA) is 173 Å². The molecule has 0 saturated heterocycles. The number of allylic oxidation sites excluding steroid dienone is 2. The maximum Gasteiger partial charge on any atom is 0.380 e. The summed E-state index contributed by atoms with van der Waals surface area (Å²) in [6.07, 6.45) is 36.5. The van der Waals surface area contributed by atoms with Gasteiger partial charge in [0.2, 0.25) is 11.5 Å². The summed E-state index contributed by atoms with van der Waals surface area (Å²) in [7, 11) is 0. The second kappa shape index (κ2) is 41.6. The average Bonchev–Trinajstić information content (AvgIpc) is 3.66. The summed E-state index contributed by atoms with van der Waals surface area (Å²) in [4.78, 5) is 79.7. The van der Waals surface area contributed by atoms with E-state index in [2.05, 4.69) is 13.8 Å². The van der Waals surface area contributed by atoms with Gasteiger partial charge >= 0.3 is 36.2 Å². The van der Waals surface area contributed by atoms with Crippen LogP contribution in [0.25, 0.3) is 0 Å². The van der Waals surface area contributed by atoms with Crippen LogP contribution in [0.1, 0.15) is 228 Å². The summed E-state index contributed by atoms with van der Waals surface area (Å²) >= 11 is 0. The van der Waals surface area contributed by atoms with Gasteiger partial charge in [0, 0.05) is 24.0 Å². The van der Waals surface area contributed by atoms with Crippen LogP contribution in [-0.2, 0) is 57.3 Å². The van der Waals surface area contributed by atoms with Gasteiger partial charge in [0.05, 0.1) is 0 Å². The number of hydrogen-bond acceptors (Lipinski definition) is 12. The molecule has 0 N–H and O–H groups in total. The summed E-state index contributed by atoms with van der Waals surface area (Å²) < 4.78 is 20.6. The molecule has 342 valence electrons. The fraction of sp³-hybridized carbons (Fsp3) is 0.750. The van der Waals surface area contributed by atoms with Crippen molar-refractivity contribution in [2.75, 3.05) is 0 Å². The van der Waals surface area contributed by atoms with E-state index in [1.165, 1.54) is 135 Å². The van der Waals surface area contributed by atoms with E-state index < -0.39 is 11.9 Å². The first-order valence-corrected chi connectivity index (χ1v) is 22.9. The summed E-state index contributed by atoms with van der Waals surface area (Å²) in [5, 5.41) is 0. The number of esters is 4. The SMILES string of the molecule is C/C=C1\OC(=O)C(OC(=O)CCCCCCCCCCCCCCC)=C1C.CCCCCCCCCCCCCCCC(=O)OC1=C(C)C(CC)OC1=O.O=C=O.O=C=O.